The van der Waals surface area contributed by atoms with Crippen molar-refractivity contribution in [3.8, 4) is 0 Å². The van der Waals surface area contributed by atoms with Crippen LogP contribution < -0.4 is 15.8 Å². The van der Waals surface area contributed by atoms with Crippen LogP contribution in [0.4, 0.5) is 0 Å². The molecule has 0 fully saturated rings. The Kier molecular flexibility index (Phi) is 6.88. The number of sulfonamides is 1. The molecule has 1 aromatic heterocycles. The van der Waals surface area contributed by atoms with E-state index in [1.807, 2.05) is 12.1 Å². The maximum absolute atomic E-state index is 12.9. The SMILES string of the molecule is CC(C)[C@H](NS(=O)(=O)c1ccc2c(c1)oc(=O)n2C)C(=O)NCCc1ccc(Cl)cc1. The molecule has 0 spiro atoms. The van der Waals surface area contributed by atoms with Crippen molar-refractivity contribution in [2.24, 2.45) is 13.0 Å². The molecule has 166 valence electrons. The first-order chi connectivity index (χ1) is 14.6. The number of nitrogens with one attached hydrogen (secondary N) is 2. The van der Waals surface area contributed by atoms with Crippen LogP contribution in [0.15, 0.2) is 56.6 Å². The third-order valence-electron chi connectivity index (χ3n) is 4.93. The van der Waals surface area contributed by atoms with E-state index in [4.69, 9.17) is 16.0 Å². The molecule has 1 heterocycles. The highest BCUT2D eigenvalue weighted by Gasteiger charge is 2.28. The van der Waals surface area contributed by atoms with Crippen molar-refractivity contribution in [2.45, 2.75) is 31.2 Å². The highest BCUT2D eigenvalue weighted by Crippen LogP contribution is 2.19. The van der Waals surface area contributed by atoms with E-state index in [0.29, 0.717) is 23.5 Å². The van der Waals surface area contributed by atoms with Gasteiger partial charge in [-0.2, -0.15) is 4.72 Å². The number of nitrogens with zero attached hydrogens (tertiary/aromatic N) is 1. The topological polar surface area (TPSA) is 110 Å². The van der Waals surface area contributed by atoms with Gasteiger partial charge in [0.05, 0.1) is 10.4 Å². The second kappa shape index (κ2) is 9.25. The maximum atomic E-state index is 12.9. The number of hydrogen-bond acceptors (Lipinski definition) is 5. The van der Waals surface area contributed by atoms with Crippen molar-refractivity contribution in [1.29, 1.82) is 0 Å². The van der Waals surface area contributed by atoms with Crippen molar-refractivity contribution in [3.05, 3.63) is 63.6 Å². The van der Waals surface area contributed by atoms with Gasteiger partial charge < -0.3 is 9.73 Å². The van der Waals surface area contributed by atoms with E-state index in [1.165, 1.54) is 29.8 Å². The quantitative estimate of drug-likeness (QED) is 0.531. The van der Waals surface area contributed by atoms with Gasteiger partial charge in [-0.25, -0.2) is 13.2 Å². The van der Waals surface area contributed by atoms with Crippen LogP contribution in [0, 0.1) is 5.92 Å². The van der Waals surface area contributed by atoms with Crippen LogP contribution in [-0.4, -0.2) is 31.5 Å². The summed E-state index contributed by atoms with van der Waals surface area (Å²) in [6, 6.07) is 10.5. The molecule has 0 aliphatic heterocycles. The van der Waals surface area contributed by atoms with Gasteiger partial charge in [0.15, 0.2) is 5.58 Å². The van der Waals surface area contributed by atoms with Gasteiger partial charge in [-0.1, -0.05) is 37.6 Å². The zero-order chi connectivity index (χ0) is 22.8. The molecule has 0 saturated carbocycles. The highest BCUT2D eigenvalue weighted by molar-refractivity contribution is 7.89. The Labute approximate surface area is 185 Å². The Morgan fingerprint density at radius 3 is 2.48 bits per heavy atom. The Morgan fingerprint density at radius 2 is 1.84 bits per heavy atom. The number of halogens is 1. The second-order valence-electron chi connectivity index (χ2n) is 7.57. The molecule has 0 saturated heterocycles. The largest absolute Gasteiger partial charge is 0.419 e. The number of hydrogen-bond donors (Lipinski definition) is 2. The Bertz CT molecular complexity index is 1250. The number of aromatic nitrogens is 1. The van der Waals surface area contributed by atoms with Gasteiger partial charge in [-0.3, -0.25) is 9.36 Å². The Balaban J connectivity index is 1.71. The fourth-order valence-corrected chi connectivity index (χ4v) is 4.58. The number of benzene rings is 2. The lowest BCUT2D eigenvalue weighted by Crippen LogP contribution is -2.49. The molecule has 1 amide bonds. The number of amides is 1. The van der Waals surface area contributed by atoms with Crippen molar-refractivity contribution in [1.82, 2.24) is 14.6 Å². The van der Waals surface area contributed by atoms with Gasteiger partial charge in [0, 0.05) is 24.7 Å². The highest BCUT2D eigenvalue weighted by atomic mass is 35.5. The summed E-state index contributed by atoms with van der Waals surface area (Å²) in [5.74, 6) is -1.29. The third kappa shape index (κ3) is 5.36. The lowest BCUT2D eigenvalue weighted by Gasteiger charge is -2.21. The van der Waals surface area contributed by atoms with Crippen LogP contribution in [-0.2, 0) is 28.3 Å². The molecule has 3 rings (SSSR count). The number of oxazole rings is 1. The summed E-state index contributed by atoms with van der Waals surface area (Å²) in [4.78, 5) is 24.2. The number of rotatable bonds is 8. The second-order valence-corrected chi connectivity index (χ2v) is 9.72. The molecule has 0 aliphatic carbocycles. The average Bonchev–Trinajstić information content (AvgIpc) is 3.00. The fourth-order valence-electron chi connectivity index (χ4n) is 3.10. The third-order valence-corrected chi connectivity index (χ3v) is 6.62. The van der Waals surface area contributed by atoms with E-state index < -0.39 is 27.7 Å². The minimum atomic E-state index is -4.02. The van der Waals surface area contributed by atoms with E-state index in [1.54, 1.807) is 26.0 Å². The monoisotopic (exact) mass is 465 g/mol. The maximum Gasteiger partial charge on any atom is 0.419 e. The van der Waals surface area contributed by atoms with Crippen LogP contribution >= 0.6 is 11.6 Å². The van der Waals surface area contributed by atoms with Crippen molar-refractivity contribution >= 4 is 38.6 Å². The molecule has 8 nitrogen and oxygen atoms in total. The summed E-state index contributed by atoms with van der Waals surface area (Å²) in [5.41, 5.74) is 1.64. The lowest BCUT2D eigenvalue weighted by atomic mass is 10.0. The first kappa shape index (κ1) is 23.1. The number of fused-ring (bicyclic) bond motifs is 1. The minimum Gasteiger partial charge on any atom is -0.408 e. The van der Waals surface area contributed by atoms with Gasteiger partial charge in [-0.05, 0) is 42.2 Å². The van der Waals surface area contributed by atoms with E-state index in [-0.39, 0.29) is 16.4 Å². The van der Waals surface area contributed by atoms with Crippen LogP contribution in [0.5, 0.6) is 0 Å². The molecule has 3 aromatic rings. The minimum absolute atomic E-state index is 0.0889. The van der Waals surface area contributed by atoms with E-state index in [0.717, 1.165) is 5.56 Å². The molecular weight excluding hydrogens is 442 g/mol. The summed E-state index contributed by atoms with van der Waals surface area (Å²) in [7, 11) is -2.49. The molecule has 0 radical (unpaired) electrons. The van der Waals surface area contributed by atoms with Crippen molar-refractivity contribution in [3.63, 3.8) is 0 Å². The van der Waals surface area contributed by atoms with E-state index >= 15 is 0 Å². The first-order valence-corrected chi connectivity index (χ1v) is 11.6. The number of aryl methyl sites for hydroxylation is 1. The molecule has 10 heteroatoms. The van der Waals surface area contributed by atoms with Crippen molar-refractivity contribution in [2.75, 3.05) is 6.54 Å². The van der Waals surface area contributed by atoms with Crippen LogP contribution in [0.2, 0.25) is 5.02 Å². The first-order valence-electron chi connectivity index (χ1n) is 9.72. The van der Waals surface area contributed by atoms with Gasteiger partial charge >= 0.3 is 5.76 Å². The summed E-state index contributed by atoms with van der Waals surface area (Å²) >= 11 is 5.87. The lowest BCUT2D eigenvalue weighted by molar-refractivity contribution is -0.123. The van der Waals surface area contributed by atoms with E-state index in [2.05, 4.69) is 10.0 Å². The molecule has 0 bridgehead atoms. The zero-order valence-electron chi connectivity index (χ0n) is 17.4. The standard InChI is InChI=1S/C21H24ClN3O5S/c1-13(2)19(20(26)23-11-10-14-4-6-15(22)7-5-14)24-31(28,29)16-8-9-17-18(12-16)30-21(27)25(17)3/h4-9,12-13,19,24H,10-11H2,1-3H3,(H,23,26)/t19-/m0/s1. The summed E-state index contributed by atoms with van der Waals surface area (Å²) in [6.07, 6.45) is 0.587. The summed E-state index contributed by atoms with van der Waals surface area (Å²) < 4.78 is 34.6. The predicted molar refractivity (Wildman–Crippen MR) is 119 cm³/mol. The van der Waals surface area contributed by atoms with Gasteiger partial charge in [0.1, 0.15) is 6.04 Å². The molecule has 2 aromatic carbocycles. The smallest absolute Gasteiger partial charge is 0.408 e. The molecule has 31 heavy (non-hydrogen) atoms. The van der Waals surface area contributed by atoms with Crippen molar-refractivity contribution < 1.29 is 17.6 Å². The van der Waals surface area contributed by atoms with Gasteiger partial charge in [-0.15, -0.1) is 0 Å². The molecule has 0 unspecified atom stereocenters. The zero-order valence-corrected chi connectivity index (χ0v) is 19.0. The number of carbonyl (C=O) groups excluding carboxylic acids is 1. The summed E-state index contributed by atoms with van der Waals surface area (Å²) in [5, 5.41) is 3.41. The fraction of sp³-hybridized carbons (Fsp3) is 0.333. The van der Waals surface area contributed by atoms with Gasteiger partial charge in [0.25, 0.3) is 0 Å². The van der Waals surface area contributed by atoms with Crippen LogP contribution in [0.1, 0.15) is 19.4 Å². The van der Waals surface area contributed by atoms with Crippen LogP contribution in [0.3, 0.4) is 0 Å². The molecular formula is C21H24ClN3O5S. The van der Waals surface area contributed by atoms with Gasteiger partial charge in [0.2, 0.25) is 15.9 Å². The normalized spacial score (nSPS) is 12.9. The summed E-state index contributed by atoms with van der Waals surface area (Å²) in [6.45, 7) is 3.86. The molecule has 1 atom stereocenters. The molecule has 0 aliphatic rings. The Morgan fingerprint density at radius 1 is 1.16 bits per heavy atom. The average molecular weight is 466 g/mol. The predicted octanol–water partition coefficient (Wildman–Crippen LogP) is 2.45. The Hall–Kier alpha value is -2.62. The number of carbonyl (C=O) groups is 1. The molecule has 2 N–H and O–H groups in total. The van der Waals surface area contributed by atoms with Crippen LogP contribution in [0.25, 0.3) is 11.1 Å². The van der Waals surface area contributed by atoms with E-state index in [9.17, 15) is 18.0 Å².